The molecule has 1 heterocycles. The summed E-state index contributed by atoms with van der Waals surface area (Å²) in [6.45, 7) is 4.10. The molecule has 0 spiro atoms. The first kappa shape index (κ1) is 13.9. The van der Waals surface area contributed by atoms with Crippen molar-refractivity contribution in [2.24, 2.45) is 0 Å². The van der Waals surface area contributed by atoms with E-state index >= 15 is 0 Å². The van der Waals surface area contributed by atoms with E-state index in [2.05, 4.69) is 24.4 Å². The predicted molar refractivity (Wildman–Crippen MR) is 80.7 cm³/mol. The predicted octanol–water partition coefficient (Wildman–Crippen LogP) is 3.81. The number of rotatable bonds is 7. The van der Waals surface area contributed by atoms with Gasteiger partial charge >= 0.3 is 0 Å². The van der Waals surface area contributed by atoms with E-state index in [1.807, 2.05) is 17.0 Å². The lowest BCUT2D eigenvalue weighted by Gasteiger charge is -2.17. The molecule has 1 amide bonds. The molecule has 0 bridgehead atoms. The Morgan fingerprint density at radius 2 is 2.16 bits per heavy atom. The van der Waals surface area contributed by atoms with Crippen molar-refractivity contribution >= 4 is 17.3 Å². The summed E-state index contributed by atoms with van der Waals surface area (Å²) < 4.78 is 0. The maximum atomic E-state index is 11.7. The number of amides is 1. The molecule has 0 aliphatic carbocycles. The summed E-state index contributed by atoms with van der Waals surface area (Å²) in [7, 11) is 0. The van der Waals surface area contributed by atoms with Crippen molar-refractivity contribution < 1.29 is 4.79 Å². The lowest BCUT2D eigenvalue weighted by atomic mass is 10.2. The average Bonchev–Trinajstić information content (AvgIpc) is 2.85. The van der Waals surface area contributed by atoms with Crippen molar-refractivity contribution in [2.75, 3.05) is 23.3 Å². The Hall–Kier alpha value is -1.51. The molecule has 1 fully saturated rings. The third-order valence-corrected chi connectivity index (χ3v) is 3.59. The summed E-state index contributed by atoms with van der Waals surface area (Å²) in [4.78, 5) is 13.6. The van der Waals surface area contributed by atoms with E-state index in [-0.39, 0.29) is 5.91 Å². The van der Waals surface area contributed by atoms with Gasteiger partial charge in [0, 0.05) is 30.9 Å². The van der Waals surface area contributed by atoms with E-state index in [9.17, 15) is 4.79 Å². The largest absolute Gasteiger partial charge is 0.385 e. The molecule has 0 atom stereocenters. The zero-order valence-corrected chi connectivity index (χ0v) is 11.8. The van der Waals surface area contributed by atoms with E-state index < -0.39 is 0 Å². The van der Waals surface area contributed by atoms with Crippen molar-refractivity contribution in [3.05, 3.63) is 24.3 Å². The molecule has 2 rings (SSSR count). The molecule has 0 aromatic heterocycles. The van der Waals surface area contributed by atoms with Crippen molar-refractivity contribution in [1.82, 2.24) is 0 Å². The second kappa shape index (κ2) is 7.17. The Kier molecular flexibility index (Phi) is 5.25. The van der Waals surface area contributed by atoms with Crippen LogP contribution in [0.3, 0.4) is 0 Å². The highest BCUT2D eigenvalue weighted by atomic mass is 16.2. The van der Waals surface area contributed by atoms with Crippen molar-refractivity contribution in [1.29, 1.82) is 0 Å². The van der Waals surface area contributed by atoms with Gasteiger partial charge in [-0.1, -0.05) is 32.3 Å². The van der Waals surface area contributed by atoms with Gasteiger partial charge in [-0.2, -0.15) is 0 Å². The number of nitrogens with one attached hydrogen (secondary N) is 1. The van der Waals surface area contributed by atoms with Gasteiger partial charge in [0.2, 0.25) is 5.91 Å². The van der Waals surface area contributed by atoms with E-state index in [0.717, 1.165) is 30.9 Å². The molecule has 1 saturated heterocycles. The molecule has 1 aliphatic heterocycles. The summed E-state index contributed by atoms with van der Waals surface area (Å²) in [5.41, 5.74) is 2.15. The van der Waals surface area contributed by atoms with Gasteiger partial charge in [-0.05, 0) is 31.0 Å². The number of hydrogen-bond acceptors (Lipinski definition) is 2. The maximum Gasteiger partial charge on any atom is 0.227 e. The van der Waals surface area contributed by atoms with Crippen molar-refractivity contribution in [3.8, 4) is 0 Å². The summed E-state index contributed by atoms with van der Waals surface area (Å²) in [6.07, 6.45) is 6.74. The summed E-state index contributed by atoms with van der Waals surface area (Å²) >= 11 is 0. The molecule has 3 nitrogen and oxygen atoms in total. The number of nitrogens with zero attached hydrogens (tertiary/aromatic N) is 1. The highest BCUT2D eigenvalue weighted by Crippen LogP contribution is 2.24. The fourth-order valence-electron chi connectivity index (χ4n) is 2.49. The van der Waals surface area contributed by atoms with Gasteiger partial charge in [-0.25, -0.2) is 0 Å². The molecular weight excluding hydrogens is 236 g/mol. The molecule has 1 N–H and O–H groups in total. The number of carbonyl (C=O) groups is 1. The Morgan fingerprint density at radius 1 is 1.26 bits per heavy atom. The number of unbranched alkanes of at least 4 members (excludes halogenated alkanes) is 3. The minimum atomic E-state index is 0.250. The summed E-state index contributed by atoms with van der Waals surface area (Å²) in [6, 6.07) is 8.20. The normalized spacial score (nSPS) is 15.0. The third kappa shape index (κ3) is 3.98. The van der Waals surface area contributed by atoms with Crippen LogP contribution >= 0.6 is 0 Å². The lowest BCUT2D eigenvalue weighted by Crippen LogP contribution is -2.23. The molecule has 0 saturated carbocycles. The first-order chi connectivity index (χ1) is 9.31. The molecule has 1 aromatic rings. The molecule has 0 unspecified atom stereocenters. The number of anilines is 2. The Labute approximate surface area is 116 Å². The second-order valence-electron chi connectivity index (χ2n) is 5.19. The first-order valence-corrected chi connectivity index (χ1v) is 7.45. The zero-order valence-electron chi connectivity index (χ0n) is 11.8. The summed E-state index contributed by atoms with van der Waals surface area (Å²) in [5.74, 6) is 0.250. The van der Waals surface area contributed by atoms with Crippen LogP contribution in [0.4, 0.5) is 11.4 Å². The summed E-state index contributed by atoms with van der Waals surface area (Å²) in [5, 5.41) is 3.44. The molecule has 0 radical (unpaired) electrons. The SMILES string of the molecule is CCCCCCNc1cccc(N2CCCC2=O)c1. The van der Waals surface area contributed by atoms with Gasteiger partial charge in [0.05, 0.1) is 0 Å². The van der Waals surface area contributed by atoms with E-state index in [1.54, 1.807) is 0 Å². The van der Waals surface area contributed by atoms with Gasteiger partial charge < -0.3 is 10.2 Å². The van der Waals surface area contributed by atoms with E-state index in [0.29, 0.717) is 6.42 Å². The van der Waals surface area contributed by atoms with Crippen LogP contribution in [0, 0.1) is 0 Å². The van der Waals surface area contributed by atoms with Gasteiger partial charge in [-0.15, -0.1) is 0 Å². The van der Waals surface area contributed by atoms with Gasteiger partial charge in [0.25, 0.3) is 0 Å². The van der Waals surface area contributed by atoms with Gasteiger partial charge in [-0.3, -0.25) is 4.79 Å². The number of benzene rings is 1. The van der Waals surface area contributed by atoms with Crippen LogP contribution in [0.1, 0.15) is 45.4 Å². The standard InChI is InChI=1S/C16H24N2O/c1-2-3-4-5-11-17-14-8-6-9-15(13-14)18-12-7-10-16(18)19/h6,8-9,13,17H,2-5,7,10-12H2,1H3. The molecule has 19 heavy (non-hydrogen) atoms. The number of carbonyl (C=O) groups excluding carboxylic acids is 1. The number of hydrogen-bond donors (Lipinski definition) is 1. The highest BCUT2D eigenvalue weighted by molar-refractivity contribution is 5.95. The van der Waals surface area contributed by atoms with Crippen LogP contribution < -0.4 is 10.2 Å². The minimum Gasteiger partial charge on any atom is -0.385 e. The Bertz CT molecular complexity index is 417. The van der Waals surface area contributed by atoms with Crippen LogP contribution in [0.25, 0.3) is 0 Å². The Balaban J connectivity index is 1.86. The quantitative estimate of drug-likeness (QED) is 0.756. The third-order valence-electron chi connectivity index (χ3n) is 3.59. The van der Waals surface area contributed by atoms with Crippen LogP contribution in [-0.4, -0.2) is 19.0 Å². The molecule has 1 aromatic carbocycles. The fourth-order valence-corrected chi connectivity index (χ4v) is 2.49. The molecule has 104 valence electrons. The maximum absolute atomic E-state index is 11.7. The van der Waals surface area contributed by atoms with Crippen molar-refractivity contribution in [3.63, 3.8) is 0 Å². The van der Waals surface area contributed by atoms with Crippen LogP contribution in [0.2, 0.25) is 0 Å². The first-order valence-electron chi connectivity index (χ1n) is 7.45. The van der Waals surface area contributed by atoms with Crippen LogP contribution in [-0.2, 0) is 4.79 Å². The molecule has 1 aliphatic rings. The smallest absolute Gasteiger partial charge is 0.227 e. The van der Waals surface area contributed by atoms with E-state index in [1.165, 1.54) is 25.7 Å². The zero-order chi connectivity index (χ0) is 13.5. The van der Waals surface area contributed by atoms with Gasteiger partial charge in [0.15, 0.2) is 0 Å². The average molecular weight is 260 g/mol. The van der Waals surface area contributed by atoms with E-state index in [4.69, 9.17) is 0 Å². The molecule has 3 heteroatoms. The second-order valence-corrected chi connectivity index (χ2v) is 5.19. The minimum absolute atomic E-state index is 0.250. The topological polar surface area (TPSA) is 32.3 Å². The molecular formula is C16H24N2O. The van der Waals surface area contributed by atoms with Gasteiger partial charge in [0.1, 0.15) is 0 Å². The fraction of sp³-hybridized carbons (Fsp3) is 0.562. The van der Waals surface area contributed by atoms with Crippen LogP contribution in [0.5, 0.6) is 0 Å². The lowest BCUT2D eigenvalue weighted by molar-refractivity contribution is -0.117. The van der Waals surface area contributed by atoms with Crippen LogP contribution in [0.15, 0.2) is 24.3 Å². The monoisotopic (exact) mass is 260 g/mol. The highest BCUT2D eigenvalue weighted by Gasteiger charge is 2.21. The Morgan fingerprint density at radius 3 is 2.89 bits per heavy atom. The van der Waals surface area contributed by atoms with Crippen molar-refractivity contribution in [2.45, 2.75) is 45.4 Å².